The molecule has 0 aliphatic rings. The van der Waals surface area contributed by atoms with Gasteiger partial charge in [-0.1, -0.05) is 30.0 Å². The van der Waals surface area contributed by atoms with Crippen molar-refractivity contribution in [2.45, 2.75) is 9.79 Å². The highest BCUT2D eigenvalue weighted by Gasteiger charge is 2.13. The first-order chi connectivity index (χ1) is 14.2. The van der Waals surface area contributed by atoms with Crippen LogP contribution in [-0.4, -0.2) is 25.9 Å². The number of rotatable bonds is 5. The van der Waals surface area contributed by atoms with E-state index in [2.05, 4.69) is 56.5 Å². The van der Waals surface area contributed by atoms with Gasteiger partial charge >= 0.3 is 0 Å². The second-order valence-corrected chi connectivity index (χ2v) is 8.22. The molecule has 29 heavy (non-hydrogen) atoms. The van der Waals surface area contributed by atoms with Crippen LogP contribution in [0.4, 0.5) is 0 Å². The lowest BCUT2D eigenvalue weighted by molar-refractivity contribution is 0.0960. The van der Waals surface area contributed by atoms with Crippen LogP contribution in [0, 0.1) is 0 Å². The molecule has 1 N–H and O–H groups in total. The Labute approximate surface area is 186 Å². The number of nitrogens with zero attached hydrogens (tertiary/aromatic N) is 3. The van der Waals surface area contributed by atoms with E-state index in [1.165, 1.54) is 0 Å². The van der Waals surface area contributed by atoms with Crippen molar-refractivity contribution in [2.75, 3.05) is 7.05 Å². The van der Waals surface area contributed by atoms with Crippen LogP contribution in [0.25, 0.3) is 23.1 Å². The molecule has 2 aromatic heterocycles. The minimum atomic E-state index is -0.0879. The van der Waals surface area contributed by atoms with Gasteiger partial charge in [0.2, 0.25) is 0 Å². The quantitative estimate of drug-likeness (QED) is 0.369. The number of carbonyl (C=O) groups excluding carboxylic acids is 1. The minimum Gasteiger partial charge on any atom is -0.355 e. The molecule has 4 aromatic rings. The molecule has 0 radical (unpaired) electrons. The number of nitrogens with one attached hydrogen (secondary N) is 1. The zero-order valence-corrected chi connectivity index (χ0v) is 18.5. The Kier molecular flexibility index (Phi) is 5.96. The molecule has 0 unspecified atom stereocenters. The van der Waals surface area contributed by atoms with Gasteiger partial charge in [-0.05, 0) is 54.6 Å². The highest BCUT2D eigenvalue weighted by Crippen LogP contribution is 2.33. The van der Waals surface area contributed by atoms with Crippen LogP contribution in [0.1, 0.15) is 21.7 Å². The number of halogens is 1. The van der Waals surface area contributed by atoms with E-state index in [4.69, 9.17) is 0 Å². The maximum atomic E-state index is 12.1. The molecule has 0 aliphatic carbocycles. The molecule has 2 aromatic carbocycles. The number of fused-ring (bicyclic) bond motifs is 1. The van der Waals surface area contributed by atoms with Crippen molar-refractivity contribution in [1.29, 1.82) is 0 Å². The largest absolute Gasteiger partial charge is 0.355 e. The van der Waals surface area contributed by atoms with E-state index in [0.29, 0.717) is 5.56 Å². The second kappa shape index (κ2) is 8.79. The first kappa shape index (κ1) is 19.7. The molecular weight excluding hydrogens is 495 g/mol. The van der Waals surface area contributed by atoms with Gasteiger partial charge in [-0.25, -0.2) is 2.90 Å². The van der Waals surface area contributed by atoms with Gasteiger partial charge in [0.05, 0.1) is 45.3 Å². The van der Waals surface area contributed by atoms with Gasteiger partial charge in [0.15, 0.2) is 0 Å². The Hall–Kier alpha value is -2.65. The van der Waals surface area contributed by atoms with E-state index in [0.717, 1.165) is 32.1 Å². The molecule has 144 valence electrons. The molecule has 2 heterocycles. The SMILES string of the molecule is CNC(=O)c1ccccc1Sc1ccc2c(/C=C/c3ccccn3)nn(I)c2c1. The van der Waals surface area contributed by atoms with E-state index in [9.17, 15) is 4.79 Å². The van der Waals surface area contributed by atoms with Crippen LogP contribution >= 0.6 is 34.6 Å². The lowest BCUT2D eigenvalue weighted by Crippen LogP contribution is -2.18. The number of benzene rings is 2. The first-order valence-corrected chi connectivity index (χ1v) is 10.7. The van der Waals surface area contributed by atoms with E-state index < -0.39 is 0 Å². The summed E-state index contributed by atoms with van der Waals surface area (Å²) < 4.78 is 1.85. The molecule has 0 atom stereocenters. The van der Waals surface area contributed by atoms with E-state index in [1.54, 1.807) is 25.0 Å². The summed E-state index contributed by atoms with van der Waals surface area (Å²) in [4.78, 5) is 18.4. The van der Waals surface area contributed by atoms with Gasteiger partial charge < -0.3 is 5.32 Å². The van der Waals surface area contributed by atoms with Crippen LogP contribution in [0.15, 0.2) is 76.7 Å². The van der Waals surface area contributed by atoms with Crippen LogP contribution in [0.2, 0.25) is 0 Å². The van der Waals surface area contributed by atoms with Crippen molar-refractivity contribution in [1.82, 2.24) is 18.3 Å². The highest BCUT2D eigenvalue weighted by molar-refractivity contribution is 14.1. The Morgan fingerprint density at radius 2 is 1.93 bits per heavy atom. The summed E-state index contributed by atoms with van der Waals surface area (Å²) in [5, 5.41) is 8.39. The fourth-order valence-corrected chi connectivity index (χ4v) is 4.52. The molecule has 0 saturated carbocycles. The smallest absolute Gasteiger partial charge is 0.252 e. The number of amides is 1. The fourth-order valence-electron chi connectivity index (χ4n) is 2.91. The predicted octanol–water partition coefficient (Wildman–Crippen LogP) is 5.31. The number of aromatic nitrogens is 3. The van der Waals surface area contributed by atoms with Gasteiger partial charge in [0.1, 0.15) is 0 Å². The Morgan fingerprint density at radius 1 is 1.10 bits per heavy atom. The van der Waals surface area contributed by atoms with Crippen LogP contribution in [-0.2, 0) is 0 Å². The molecule has 4 rings (SSSR count). The normalized spacial score (nSPS) is 11.2. The molecule has 0 aliphatic heterocycles. The standard InChI is InChI=1S/C22H17IN4OS/c1-24-22(28)18-7-2-3-8-21(18)29-16-10-11-17-19(26-27(23)20(17)14-16)12-9-15-6-4-5-13-25-15/h2-14H,1H3,(H,24,28)/b12-9+. The van der Waals surface area contributed by atoms with Crippen molar-refractivity contribution < 1.29 is 4.79 Å². The van der Waals surface area contributed by atoms with E-state index in [-0.39, 0.29) is 5.91 Å². The molecule has 0 fully saturated rings. The van der Waals surface area contributed by atoms with Crippen LogP contribution in [0.5, 0.6) is 0 Å². The summed E-state index contributed by atoms with van der Waals surface area (Å²) in [5.74, 6) is -0.0879. The molecule has 1 amide bonds. The zero-order chi connectivity index (χ0) is 20.2. The predicted molar refractivity (Wildman–Crippen MR) is 126 cm³/mol. The average Bonchev–Trinajstić information content (AvgIpc) is 3.08. The molecule has 5 nitrogen and oxygen atoms in total. The molecule has 0 spiro atoms. The van der Waals surface area contributed by atoms with Gasteiger partial charge in [-0.15, -0.1) is 0 Å². The second-order valence-electron chi connectivity index (χ2n) is 6.19. The summed E-state index contributed by atoms with van der Waals surface area (Å²) in [6.07, 6.45) is 5.71. The monoisotopic (exact) mass is 512 g/mol. The topological polar surface area (TPSA) is 59.8 Å². The van der Waals surface area contributed by atoms with Gasteiger partial charge in [-0.2, -0.15) is 5.10 Å². The summed E-state index contributed by atoms with van der Waals surface area (Å²) in [5.41, 5.74) is 3.47. The van der Waals surface area contributed by atoms with Gasteiger partial charge in [0.25, 0.3) is 5.91 Å². The summed E-state index contributed by atoms with van der Waals surface area (Å²) in [7, 11) is 1.64. The van der Waals surface area contributed by atoms with Crippen molar-refractivity contribution in [2.24, 2.45) is 0 Å². The number of carbonyl (C=O) groups is 1. The summed E-state index contributed by atoms with van der Waals surface area (Å²) in [6.45, 7) is 0. The third-order valence-electron chi connectivity index (χ3n) is 4.33. The van der Waals surface area contributed by atoms with Crippen molar-refractivity contribution >= 4 is 63.6 Å². The van der Waals surface area contributed by atoms with E-state index in [1.807, 2.05) is 57.5 Å². The van der Waals surface area contributed by atoms with Gasteiger partial charge in [-0.3, -0.25) is 9.78 Å². The highest BCUT2D eigenvalue weighted by atomic mass is 127. The lowest BCUT2D eigenvalue weighted by Gasteiger charge is -2.08. The Bertz CT molecular complexity index is 1200. The Morgan fingerprint density at radius 3 is 2.72 bits per heavy atom. The van der Waals surface area contributed by atoms with Crippen molar-refractivity contribution in [3.8, 4) is 0 Å². The average molecular weight is 512 g/mol. The first-order valence-electron chi connectivity index (χ1n) is 8.93. The number of pyridine rings is 1. The Balaban J connectivity index is 1.65. The number of hydrogen-bond donors (Lipinski definition) is 1. The maximum absolute atomic E-state index is 12.1. The van der Waals surface area contributed by atoms with Crippen LogP contribution in [0.3, 0.4) is 0 Å². The number of hydrogen-bond acceptors (Lipinski definition) is 4. The molecule has 7 heteroatoms. The van der Waals surface area contributed by atoms with Crippen molar-refractivity contribution in [3.05, 3.63) is 83.8 Å². The molecular formula is C22H17IN4OS. The zero-order valence-electron chi connectivity index (χ0n) is 15.5. The fraction of sp³-hybridized carbons (Fsp3) is 0.0455. The summed E-state index contributed by atoms with van der Waals surface area (Å²) in [6, 6.07) is 19.6. The van der Waals surface area contributed by atoms with Gasteiger partial charge in [0, 0.05) is 28.4 Å². The lowest BCUT2D eigenvalue weighted by atomic mass is 10.2. The van der Waals surface area contributed by atoms with E-state index >= 15 is 0 Å². The molecule has 0 saturated heterocycles. The third kappa shape index (κ3) is 4.35. The summed E-state index contributed by atoms with van der Waals surface area (Å²) >= 11 is 3.75. The third-order valence-corrected chi connectivity index (χ3v) is 6.13. The maximum Gasteiger partial charge on any atom is 0.252 e. The van der Waals surface area contributed by atoms with Crippen LogP contribution < -0.4 is 5.32 Å². The van der Waals surface area contributed by atoms with Crippen molar-refractivity contribution in [3.63, 3.8) is 0 Å². The molecule has 0 bridgehead atoms. The minimum absolute atomic E-state index is 0.0879.